The molecule has 54 valence electrons. The third-order valence-corrected chi connectivity index (χ3v) is 1.75. The lowest BCUT2D eigenvalue weighted by Crippen LogP contribution is -2.02. The average Bonchev–Trinajstić information content (AvgIpc) is 1.82. The Morgan fingerprint density at radius 3 is 2.56 bits per heavy atom. The topological polar surface area (TPSA) is 17.1 Å². The fourth-order valence-electron chi connectivity index (χ4n) is 0.624. The van der Waals surface area contributed by atoms with Crippen LogP contribution < -0.4 is 0 Å². The molecule has 2 heteroatoms. The van der Waals surface area contributed by atoms with Gasteiger partial charge < -0.3 is 0 Å². The van der Waals surface area contributed by atoms with E-state index >= 15 is 0 Å². The minimum atomic E-state index is -0.205. The van der Waals surface area contributed by atoms with Crippen LogP contribution in [0, 0.1) is 5.92 Å². The first-order chi connectivity index (χ1) is 4.18. The van der Waals surface area contributed by atoms with Crippen LogP contribution in [0.5, 0.6) is 0 Å². The summed E-state index contributed by atoms with van der Waals surface area (Å²) < 4.78 is 0. The molecule has 0 N–H and O–H groups in total. The number of hydrogen-bond donors (Lipinski definition) is 0. The Balaban J connectivity index is 3.27. The van der Waals surface area contributed by atoms with E-state index in [9.17, 15) is 4.79 Å². The van der Waals surface area contributed by atoms with Gasteiger partial charge in [0.05, 0.1) is 0 Å². The van der Waals surface area contributed by atoms with Gasteiger partial charge in [0.15, 0.2) is 0 Å². The van der Waals surface area contributed by atoms with E-state index in [1.54, 1.807) is 0 Å². The Hall–Kier alpha value is -0.0400. The highest BCUT2D eigenvalue weighted by Gasteiger charge is 2.07. The molecule has 0 amide bonds. The smallest absolute Gasteiger partial charge is 0.224 e. The van der Waals surface area contributed by atoms with Crippen LogP contribution in [-0.2, 0) is 4.79 Å². The molecule has 0 aliphatic carbocycles. The van der Waals surface area contributed by atoms with Gasteiger partial charge in [-0.15, -0.1) is 0 Å². The van der Waals surface area contributed by atoms with Gasteiger partial charge in [-0.1, -0.05) is 26.7 Å². The van der Waals surface area contributed by atoms with E-state index in [1.807, 2.05) is 6.92 Å². The first-order valence-corrected chi connectivity index (χ1v) is 3.75. The van der Waals surface area contributed by atoms with Crippen molar-refractivity contribution >= 4 is 16.8 Å². The van der Waals surface area contributed by atoms with Gasteiger partial charge in [0.2, 0.25) is 5.24 Å². The molecule has 0 fully saturated rings. The van der Waals surface area contributed by atoms with Gasteiger partial charge >= 0.3 is 0 Å². The van der Waals surface area contributed by atoms with Crippen molar-refractivity contribution in [2.24, 2.45) is 5.92 Å². The summed E-state index contributed by atoms with van der Waals surface area (Å²) in [4.78, 5) is 10.4. The monoisotopic (exact) mass is 148 g/mol. The third kappa shape index (κ3) is 4.46. The second kappa shape index (κ2) is 4.80. The van der Waals surface area contributed by atoms with Crippen LogP contribution in [0.4, 0.5) is 0 Å². The van der Waals surface area contributed by atoms with Crippen molar-refractivity contribution in [1.29, 1.82) is 0 Å². The van der Waals surface area contributed by atoms with Crippen LogP contribution in [-0.4, -0.2) is 5.24 Å². The molecule has 1 atom stereocenters. The molecular weight excluding hydrogens is 136 g/mol. The fourth-order valence-corrected chi connectivity index (χ4v) is 0.733. The van der Waals surface area contributed by atoms with Crippen molar-refractivity contribution in [2.45, 2.75) is 33.1 Å². The zero-order chi connectivity index (χ0) is 7.28. The zero-order valence-corrected chi connectivity index (χ0v) is 6.74. The van der Waals surface area contributed by atoms with E-state index in [2.05, 4.69) is 6.92 Å². The summed E-state index contributed by atoms with van der Waals surface area (Å²) in [5, 5.41) is -0.205. The molecular formula is C7H13ClO. The van der Waals surface area contributed by atoms with Crippen LogP contribution in [0.2, 0.25) is 0 Å². The lowest BCUT2D eigenvalue weighted by atomic mass is 10.1. The average molecular weight is 149 g/mol. The first kappa shape index (κ1) is 8.96. The van der Waals surface area contributed by atoms with Crippen LogP contribution in [0.3, 0.4) is 0 Å². The van der Waals surface area contributed by atoms with Crippen LogP contribution >= 0.6 is 11.6 Å². The summed E-state index contributed by atoms with van der Waals surface area (Å²) in [7, 11) is 0. The standard InChI is InChI=1S/C7H13ClO/c1-3-4-5-6(2)7(8)9/h6H,3-5H2,1-2H3. The zero-order valence-electron chi connectivity index (χ0n) is 5.98. The summed E-state index contributed by atoms with van der Waals surface area (Å²) >= 11 is 5.23. The molecule has 0 bridgehead atoms. The van der Waals surface area contributed by atoms with Gasteiger partial charge in [-0.2, -0.15) is 0 Å². The number of hydrogen-bond acceptors (Lipinski definition) is 1. The molecule has 0 aromatic rings. The lowest BCUT2D eigenvalue weighted by molar-refractivity contribution is -0.114. The number of rotatable bonds is 4. The Morgan fingerprint density at radius 2 is 2.22 bits per heavy atom. The maximum Gasteiger partial charge on any atom is 0.224 e. The predicted octanol–water partition coefficient (Wildman–Crippen LogP) is 2.58. The number of carbonyl (C=O) groups is 1. The second-order valence-electron chi connectivity index (χ2n) is 2.35. The fraction of sp³-hybridized carbons (Fsp3) is 0.857. The number of halogens is 1. The Kier molecular flexibility index (Phi) is 4.78. The Bertz CT molecular complexity index is 90.9. The minimum Gasteiger partial charge on any atom is -0.281 e. The van der Waals surface area contributed by atoms with Gasteiger partial charge in [0.25, 0.3) is 0 Å². The third-order valence-electron chi connectivity index (χ3n) is 1.38. The van der Waals surface area contributed by atoms with Crippen LogP contribution in [0.1, 0.15) is 33.1 Å². The quantitative estimate of drug-likeness (QED) is 0.560. The molecule has 0 aliphatic heterocycles. The maximum absolute atomic E-state index is 10.4. The summed E-state index contributed by atoms with van der Waals surface area (Å²) in [5.74, 6) is 0.0478. The molecule has 1 unspecified atom stereocenters. The highest BCUT2D eigenvalue weighted by Crippen LogP contribution is 2.09. The number of carbonyl (C=O) groups excluding carboxylic acids is 1. The van der Waals surface area contributed by atoms with Crippen molar-refractivity contribution in [2.75, 3.05) is 0 Å². The van der Waals surface area contributed by atoms with Crippen molar-refractivity contribution in [3.63, 3.8) is 0 Å². The summed E-state index contributed by atoms with van der Waals surface area (Å²) in [6, 6.07) is 0. The highest BCUT2D eigenvalue weighted by molar-refractivity contribution is 6.63. The van der Waals surface area contributed by atoms with E-state index in [0.717, 1.165) is 19.3 Å². The van der Waals surface area contributed by atoms with Crippen LogP contribution in [0.25, 0.3) is 0 Å². The second-order valence-corrected chi connectivity index (χ2v) is 2.72. The first-order valence-electron chi connectivity index (χ1n) is 3.37. The lowest BCUT2D eigenvalue weighted by Gasteiger charge is -2.01. The molecule has 0 spiro atoms. The normalized spacial score (nSPS) is 13.2. The Morgan fingerprint density at radius 1 is 1.67 bits per heavy atom. The molecule has 0 saturated heterocycles. The van der Waals surface area contributed by atoms with E-state index in [0.29, 0.717) is 0 Å². The molecule has 0 saturated carbocycles. The molecule has 0 rings (SSSR count). The van der Waals surface area contributed by atoms with Gasteiger partial charge in [-0.3, -0.25) is 4.79 Å². The van der Waals surface area contributed by atoms with Crippen molar-refractivity contribution < 1.29 is 4.79 Å². The van der Waals surface area contributed by atoms with E-state index in [-0.39, 0.29) is 11.2 Å². The van der Waals surface area contributed by atoms with Gasteiger partial charge in [-0.05, 0) is 18.0 Å². The van der Waals surface area contributed by atoms with E-state index in [1.165, 1.54) is 0 Å². The SMILES string of the molecule is CCCCC(C)C(=O)Cl. The van der Waals surface area contributed by atoms with Crippen molar-refractivity contribution in [1.82, 2.24) is 0 Å². The van der Waals surface area contributed by atoms with Gasteiger partial charge in [0.1, 0.15) is 0 Å². The number of unbranched alkanes of at least 4 members (excludes halogenated alkanes) is 1. The molecule has 0 aromatic carbocycles. The largest absolute Gasteiger partial charge is 0.281 e. The minimum absolute atomic E-state index is 0.0478. The van der Waals surface area contributed by atoms with E-state index in [4.69, 9.17) is 11.6 Å². The summed E-state index contributed by atoms with van der Waals surface area (Å²) in [6.45, 7) is 3.97. The van der Waals surface area contributed by atoms with Crippen LogP contribution in [0.15, 0.2) is 0 Å². The van der Waals surface area contributed by atoms with Crippen molar-refractivity contribution in [3.8, 4) is 0 Å². The van der Waals surface area contributed by atoms with Gasteiger partial charge in [0, 0.05) is 5.92 Å². The molecule has 0 aliphatic rings. The molecule has 1 nitrogen and oxygen atoms in total. The summed E-state index contributed by atoms with van der Waals surface area (Å²) in [6.07, 6.45) is 3.16. The predicted molar refractivity (Wildman–Crippen MR) is 39.5 cm³/mol. The summed E-state index contributed by atoms with van der Waals surface area (Å²) in [5.41, 5.74) is 0. The molecule has 9 heavy (non-hydrogen) atoms. The Labute approximate surface area is 61.4 Å². The molecule has 0 radical (unpaired) electrons. The maximum atomic E-state index is 10.4. The van der Waals surface area contributed by atoms with Gasteiger partial charge in [-0.25, -0.2) is 0 Å². The molecule has 0 aromatic heterocycles. The molecule has 0 heterocycles. The van der Waals surface area contributed by atoms with Crippen molar-refractivity contribution in [3.05, 3.63) is 0 Å². The highest BCUT2D eigenvalue weighted by atomic mass is 35.5. The van der Waals surface area contributed by atoms with E-state index < -0.39 is 0 Å².